The molecule has 0 saturated carbocycles. The summed E-state index contributed by atoms with van der Waals surface area (Å²) in [6.45, 7) is -1.20. The standard InChI is InChI=1S/C18H16F2N2O2S2/c1-11(26-18-22-13-7-3-2-6-12(13)10-25-18)16(23)21-14-8-4-5-9-15(14)24-17(19)20/h2-9,11,17H,10H2,1H3,(H,21,23). The van der Waals surface area contributed by atoms with Crippen molar-refractivity contribution in [1.82, 2.24) is 0 Å². The fourth-order valence-electron chi connectivity index (χ4n) is 2.28. The smallest absolute Gasteiger partial charge is 0.387 e. The van der Waals surface area contributed by atoms with E-state index in [0.717, 1.165) is 21.4 Å². The number of alkyl halides is 2. The van der Waals surface area contributed by atoms with Gasteiger partial charge in [0.1, 0.15) is 10.1 Å². The molecule has 1 unspecified atom stereocenters. The Kier molecular flexibility index (Phi) is 6.16. The number of nitrogens with zero attached hydrogens (tertiary/aromatic N) is 1. The number of nitrogens with one attached hydrogen (secondary N) is 1. The van der Waals surface area contributed by atoms with Gasteiger partial charge < -0.3 is 10.1 Å². The molecule has 0 spiro atoms. The monoisotopic (exact) mass is 394 g/mol. The molecule has 3 rings (SSSR count). The highest BCUT2D eigenvalue weighted by Gasteiger charge is 2.21. The third-order valence-corrected chi connectivity index (χ3v) is 5.86. The van der Waals surface area contributed by atoms with E-state index in [-0.39, 0.29) is 17.3 Å². The fraction of sp³-hybridized carbons (Fsp3) is 0.222. The summed E-state index contributed by atoms with van der Waals surface area (Å²) in [5, 5.41) is 2.20. The van der Waals surface area contributed by atoms with Crippen molar-refractivity contribution in [3.8, 4) is 5.75 Å². The summed E-state index contributed by atoms with van der Waals surface area (Å²) in [5.41, 5.74) is 2.29. The molecular weight excluding hydrogens is 378 g/mol. The zero-order valence-electron chi connectivity index (χ0n) is 13.8. The summed E-state index contributed by atoms with van der Waals surface area (Å²) in [7, 11) is 0. The first-order valence-electron chi connectivity index (χ1n) is 7.83. The Morgan fingerprint density at radius 2 is 1.96 bits per heavy atom. The number of halogens is 2. The summed E-state index contributed by atoms with van der Waals surface area (Å²) in [4.78, 5) is 17.0. The maximum absolute atomic E-state index is 12.5. The molecule has 1 aliphatic heterocycles. The van der Waals surface area contributed by atoms with Crippen LogP contribution in [0.2, 0.25) is 0 Å². The number of carbonyl (C=O) groups is 1. The molecule has 8 heteroatoms. The summed E-state index contributed by atoms with van der Waals surface area (Å²) >= 11 is 2.92. The summed E-state index contributed by atoms with van der Waals surface area (Å²) in [6, 6.07) is 14.0. The lowest BCUT2D eigenvalue weighted by atomic mass is 10.2. The number of anilines is 1. The molecular formula is C18H16F2N2O2S2. The van der Waals surface area contributed by atoms with Crippen LogP contribution in [0.15, 0.2) is 53.5 Å². The van der Waals surface area contributed by atoms with Crippen molar-refractivity contribution in [3.05, 3.63) is 54.1 Å². The molecule has 1 aliphatic rings. The van der Waals surface area contributed by atoms with E-state index in [1.807, 2.05) is 24.3 Å². The number of rotatable bonds is 5. The van der Waals surface area contributed by atoms with Crippen molar-refractivity contribution >= 4 is 45.2 Å². The van der Waals surface area contributed by atoms with Crippen LogP contribution in [0.25, 0.3) is 0 Å². The molecule has 0 radical (unpaired) electrons. The maximum Gasteiger partial charge on any atom is 0.387 e. The highest BCUT2D eigenvalue weighted by Crippen LogP contribution is 2.36. The van der Waals surface area contributed by atoms with Crippen LogP contribution < -0.4 is 10.1 Å². The second-order valence-corrected chi connectivity index (χ2v) is 7.97. The van der Waals surface area contributed by atoms with Crippen molar-refractivity contribution < 1.29 is 18.3 Å². The summed E-state index contributed by atoms with van der Waals surface area (Å²) in [6.07, 6.45) is 0. The number of thioether (sulfide) groups is 2. The molecule has 26 heavy (non-hydrogen) atoms. The third kappa shape index (κ3) is 4.76. The zero-order chi connectivity index (χ0) is 18.5. The zero-order valence-corrected chi connectivity index (χ0v) is 15.4. The Labute approximate surface area is 158 Å². The summed E-state index contributed by atoms with van der Waals surface area (Å²) in [5.74, 6) is 0.440. The highest BCUT2D eigenvalue weighted by atomic mass is 32.2. The minimum Gasteiger partial charge on any atom is -0.433 e. The van der Waals surface area contributed by atoms with Gasteiger partial charge in [-0.2, -0.15) is 8.78 Å². The first-order valence-corrected chi connectivity index (χ1v) is 9.70. The minimum atomic E-state index is -2.95. The molecule has 0 fully saturated rings. The van der Waals surface area contributed by atoms with Gasteiger partial charge in [-0.05, 0) is 30.7 Å². The Balaban J connectivity index is 1.65. The van der Waals surface area contributed by atoms with Crippen LogP contribution in [0.3, 0.4) is 0 Å². The number of benzene rings is 2. The first-order chi connectivity index (χ1) is 12.5. The number of aliphatic imine (C=N–C) groups is 1. The van der Waals surface area contributed by atoms with E-state index in [0.29, 0.717) is 0 Å². The van der Waals surface area contributed by atoms with Gasteiger partial charge in [0.2, 0.25) is 5.91 Å². The van der Waals surface area contributed by atoms with Crippen LogP contribution in [0.4, 0.5) is 20.2 Å². The van der Waals surface area contributed by atoms with Gasteiger partial charge in [-0.1, -0.05) is 53.9 Å². The maximum atomic E-state index is 12.5. The molecule has 1 amide bonds. The van der Waals surface area contributed by atoms with E-state index in [9.17, 15) is 13.6 Å². The molecule has 0 aromatic heterocycles. The molecule has 0 bridgehead atoms. The van der Waals surface area contributed by atoms with Gasteiger partial charge in [0.15, 0.2) is 0 Å². The van der Waals surface area contributed by atoms with E-state index >= 15 is 0 Å². The number of amides is 1. The number of hydrogen-bond acceptors (Lipinski definition) is 5. The molecule has 4 nitrogen and oxygen atoms in total. The molecule has 2 aromatic rings. The lowest BCUT2D eigenvalue weighted by Gasteiger charge is -2.18. The number of fused-ring (bicyclic) bond motifs is 1. The van der Waals surface area contributed by atoms with Gasteiger partial charge in [0.05, 0.1) is 16.6 Å². The minimum absolute atomic E-state index is 0.0636. The molecule has 1 atom stereocenters. The van der Waals surface area contributed by atoms with Gasteiger partial charge in [0, 0.05) is 5.75 Å². The predicted octanol–water partition coefficient (Wildman–Crippen LogP) is 5.28. The van der Waals surface area contributed by atoms with Crippen molar-refractivity contribution in [1.29, 1.82) is 0 Å². The molecule has 1 N–H and O–H groups in total. The first kappa shape index (κ1) is 18.7. The van der Waals surface area contributed by atoms with Crippen molar-refractivity contribution in [2.75, 3.05) is 5.32 Å². The molecule has 136 valence electrons. The molecule has 0 saturated heterocycles. The molecule has 2 aromatic carbocycles. The quantitative estimate of drug-likeness (QED) is 0.749. The third-order valence-electron chi connectivity index (χ3n) is 3.56. The normalized spacial score (nSPS) is 14.4. The Hall–Kier alpha value is -2.06. The van der Waals surface area contributed by atoms with Crippen LogP contribution in [0.1, 0.15) is 12.5 Å². The van der Waals surface area contributed by atoms with E-state index in [1.54, 1.807) is 30.8 Å². The number of hydrogen-bond donors (Lipinski definition) is 1. The second-order valence-electron chi connectivity index (χ2n) is 5.42. The average Bonchev–Trinajstić information content (AvgIpc) is 2.62. The van der Waals surface area contributed by atoms with Crippen LogP contribution in [0.5, 0.6) is 5.75 Å². The van der Waals surface area contributed by atoms with Crippen molar-refractivity contribution in [3.63, 3.8) is 0 Å². The topological polar surface area (TPSA) is 50.7 Å². The second kappa shape index (κ2) is 8.55. The van der Waals surface area contributed by atoms with Crippen LogP contribution >= 0.6 is 23.5 Å². The van der Waals surface area contributed by atoms with Gasteiger partial charge in [-0.25, -0.2) is 4.99 Å². The number of carbonyl (C=O) groups excluding carboxylic acids is 1. The van der Waals surface area contributed by atoms with Gasteiger partial charge in [-0.15, -0.1) is 0 Å². The van der Waals surface area contributed by atoms with Crippen LogP contribution in [-0.4, -0.2) is 22.1 Å². The summed E-state index contributed by atoms with van der Waals surface area (Å²) < 4.78 is 30.2. The van der Waals surface area contributed by atoms with E-state index < -0.39 is 11.9 Å². The van der Waals surface area contributed by atoms with E-state index in [2.05, 4.69) is 15.0 Å². The van der Waals surface area contributed by atoms with E-state index in [1.165, 1.54) is 23.9 Å². The van der Waals surface area contributed by atoms with Gasteiger partial charge in [-0.3, -0.25) is 4.79 Å². The van der Waals surface area contributed by atoms with Crippen LogP contribution in [0, 0.1) is 0 Å². The SMILES string of the molecule is CC(SC1=Nc2ccccc2CS1)C(=O)Nc1ccccc1OC(F)F. The van der Waals surface area contributed by atoms with Crippen LogP contribution in [-0.2, 0) is 10.5 Å². The molecule has 1 heterocycles. The largest absolute Gasteiger partial charge is 0.433 e. The lowest BCUT2D eigenvalue weighted by Crippen LogP contribution is -2.24. The Morgan fingerprint density at radius 3 is 2.77 bits per heavy atom. The number of para-hydroxylation sites is 3. The highest BCUT2D eigenvalue weighted by molar-refractivity contribution is 8.39. The van der Waals surface area contributed by atoms with Crippen molar-refractivity contribution in [2.24, 2.45) is 4.99 Å². The number of ether oxygens (including phenoxy) is 1. The Morgan fingerprint density at radius 1 is 1.23 bits per heavy atom. The van der Waals surface area contributed by atoms with Crippen molar-refractivity contribution in [2.45, 2.75) is 24.5 Å². The Bertz CT molecular complexity index is 830. The van der Waals surface area contributed by atoms with E-state index in [4.69, 9.17) is 0 Å². The lowest BCUT2D eigenvalue weighted by molar-refractivity contribution is -0.115. The molecule has 0 aliphatic carbocycles. The van der Waals surface area contributed by atoms with Gasteiger partial charge in [0.25, 0.3) is 0 Å². The fourth-order valence-corrected chi connectivity index (χ4v) is 4.47. The predicted molar refractivity (Wildman–Crippen MR) is 104 cm³/mol. The van der Waals surface area contributed by atoms with Gasteiger partial charge >= 0.3 is 6.61 Å². The average molecular weight is 394 g/mol.